The minimum atomic E-state index is -3.67. The Bertz CT molecular complexity index is 1220. The quantitative estimate of drug-likeness (QED) is 0.497. The number of carbonyl (C=O) groups excluding carboxylic acids is 2. The van der Waals surface area contributed by atoms with Gasteiger partial charge in [-0.05, 0) is 54.8 Å². The zero-order chi connectivity index (χ0) is 26.4. The number of nitrogens with one attached hydrogen (secondary N) is 1. The van der Waals surface area contributed by atoms with Gasteiger partial charge in [0.25, 0.3) is 0 Å². The standard InChI is InChI=1S/C25H27N5O3.CHF3.H2O/c1-29(24(32)12-17-7-8-18-14-23(31)27-21(18)11-17)22(15-30-9-2-3-10-30)19-5-4-6-20(13-19)25-26-16-33-28-25;2-1(3)4;/h4-8,11,13,16,22H,2-3,9-10,12,14-15H2,1H3,(H,27,31);1H;1H2. The number of alkyl halides is 3. The highest BCUT2D eigenvalue weighted by Gasteiger charge is 2.27. The summed E-state index contributed by atoms with van der Waals surface area (Å²) in [4.78, 5) is 33.4. The van der Waals surface area contributed by atoms with Crippen LogP contribution in [0.4, 0.5) is 18.9 Å². The number of nitrogens with zero attached hydrogens (tertiary/aromatic N) is 4. The first-order chi connectivity index (χ1) is 17.8. The molecule has 2 aromatic carbocycles. The largest absolute Gasteiger partial charge is 0.412 e. The molecule has 0 radical (unpaired) electrons. The SMILES string of the molecule is CN(C(=O)Cc1ccc2c(c1)NC(=O)C2)C(CN1CCCC1)c1cccc(-c2ncon2)c1.FC(F)F.O. The average Bonchev–Trinajstić information content (AvgIpc) is 3.63. The van der Waals surface area contributed by atoms with Gasteiger partial charge in [0.1, 0.15) is 0 Å². The minimum absolute atomic E-state index is 0. The van der Waals surface area contributed by atoms with Crippen LogP contribution in [0.5, 0.6) is 0 Å². The molecule has 2 aliphatic rings. The molecule has 204 valence electrons. The maximum Gasteiger partial charge on any atom is 0.379 e. The number of hydrogen-bond acceptors (Lipinski definition) is 6. The third-order valence-corrected chi connectivity index (χ3v) is 6.54. The Hall–Kier alpha value is -3.77. The maximum absolute atomic E-state index is 13.4. The Kier molecular flexibility index (Phi) is 9.97. The second-order valence-corrected chi connectivity index (χ2v) is 9.05. The third kappa shape index (κ3) is 7.39. The van der Waals surface area contributed by atoms with E-state index in [0.29, 0.717) is 12.2 Å². The third-order valence-electron chi connectivity index (χ3n) is 6.54. The first-order valence-corrected chi connectivity index (χ1v) is 12.0. The summed E-state index contributed by atoms with van der Waals surface area (Å²) < 4.78 is 33.9. The van der Waals surface area contributed by atoms with Crippen LogP contribution in [0.1, 0.15) is 35.6 Å². The van der Waals surface area contributed by atoms with Crippen LogP contribution in [-0.4, -0.2) is 70.6 Å². The Morgan fingerprint density at radius 3 is 2.58 bits per heavy atom. The van der Waals surface area contributed by atoms with Crippen LogP contribution in [0.25, 0.3) is 11.4 Å². The van der Waals surface area contributed by atoms with Crippen molar-refractivity contribution in [2.75, 3.05) is 32.0 Å². The molecule has 2 amide bonds. The van der Waals surface area contributed by atoms with Gasteiger partial charge in [-0.15, -0.1) is 0 Å². The second-order valence-electron chi connectivity index (χ2n) is 9.05. The second kappa shape index (κ2) is 13.2. The highest BCUT2D eigenvalue weighted by atomic mass is 19.4. The predicted octanol–water partition coefficient (Wildman–Crippen LogP) is 3.42. The molecule has 12 heteroatoms. The number of fused-ring (bicyclic) bond motifs is 1. The molecule has 1 atom stereocenters. The molecule has 3 aromatic rings. The van der Waals surface area contributed by atoms with E-state index in [2.05, 4.69) is 26.4 Å². The number of benzene rings is 2. The Balaban J connectivity index is 0.000000749. The van der Waals surface area contributed by atoms with Gasteiger partial charge in [-0.25, -0.2) is 0 Å². The summed E-state index contributed by atoms with van der Waals surface area (Å²) in [6, 6.07) is 13.7. The maximum atomic E-state index is 13.4. The van der Waals surface area contributed by atoms with Crippen LogP contribution in [0.15, 0.2) is 53.4 Å². The van der Waals surface area contributed by atoms with Crippen molar-refractivity contribution in [3.05, 3.63) is 65.5 Å². The molecule has 1 saturated heterocycles. The van der Waals surface area contributed by atoms with E-state index in [1.807, 2.05) is 48.3 Å². The van der Waals surface area contributed by atoms with Crippen LogP contribution in [0.2, 0.25) is 0 Å². The fourth-order valence-electron chi connectivity index (χ4n) is 4.69. The predicted molar refractivity (Wildman–Crippen MR) is 134 cm³/mol. The summed E-state index contributed by atoms with van der Waals surface area (Å²) in [5.74, 6) is 0.567. The molecule has 1 unspecified atom stereocenters. The lowest BCUT2D eigenvalue weighted by molar-refractivity contribution is -0.131. The summed E-state index contributed by atoms with van der Waals surface area (Å²) in [6.45, 7) is -0.792. The lowest BCUT2D eigenvalue weighted by Gasteiger charge is -2.32. The van der Waals surface area contributed by atoms with Crippen LogP contribution in [-0.2, 0) is 22.4 Å². The topological polar surface area (TPSA) is 123 Å². The van der Waals surface area contributed by atoms with Crippen LogP contribution < -0.4 is 5.32 Å². The van der Waals surface area contributed by atoms with Gasteiger partial charge in [0.2, 0.25) is 24.0 Å². The summed E-state index contributed by atoms with van der Waals surface area (Å²) in [6.07, 6.45) is 4.37. The van der Waals surface area contributed by atoms with E-state index >= 15 is 0 Å². The van der Waals surface area contributed by atoms with E-state index < -0.39 is 6.68 Å². The molecule has 0 bridgehead atoms. The molecule has 3 heterocycles. The van der Waals surface area contributed by atoms with Gasteiger partial charge < -0.3 is 25.1 Å². The summed E-state index contributed by atoms with van der Waals surface area (Å²) in [7, 11) is 1.87. The summed E-state index contributed by atoms with van der Waals surface area (Å²) >= 11 is 0. The molecule has 0 saturated carbocycles. The van der Waals surface area contributed by atoms with Crippen LogP contribution in [0.3, 0.4) is 0 Å². The number of hydrogen-bond donors (Lipinski definition) is 1. The molecule has 38 heavy (non-hydrogen) atoms. The van der Waals surface area contributed by atoms with Gasteiger partial charge in [-0.2, -0.15) is 18.2 Å². The highest BCUT2D eigenvalue weighted by Crippen LogP contribution is 2.28. The lowest BCUT2D eigenvalue weighted by atomic mass is 10.0. The van der Waals surface area contributed by atoms with E-state index in [1.54, 1.807) is 0 Å². The van der Waals surface area contributed by atoms with E-state index in [-0.39, 0.29) is 29.8 Å². The van der Waals surface area contributed by atoms with Crippen molar-refractivity contribution in [3.63, 3.8) is 0 Å². The number of anilines is 1. The number of halogens is 3. The van der Waals surface area contributed by atoms with Gasteiger partial charge in [-0.1, -0.05) is 35.5 Å². The van der Waals surface area contributed by atoms with Crippen LogP contribution in [0, 0.1) is 0 Å². The Morgan fingerprint density at radius 1 is 1.16 bits per heavy atom. The van der Waals surface area contributed by atoms with Crippen molar-refractivity contribution < 1.29 is 32.8 Å². The van der Waals surface area contributed by atoms with Crippen molar-refractivity contribution in [1.82, 2.24) is 19.9 Å². The van der Waals surface area contributed by atoms with Crippen molar-refractivity contribution in [1.29, 1.82) is 0 Å². The molecule has 1 fully saturated rings. The highest BCUT2D eigenvalue weighted by molar-refractivity contribution is 5.99. The Labute approximate surface area is 217 Å². The zero-order valence-corrected chi connectivity index (χ0v) is 20.9. The van der Waals surface area contributed by atoms with Gasteiger partial charge in [0.05, 0.1) is 18.9 Å². The fraction of sp³-hybridized carbons (Fsp3) is 0.385. The molecule has 0 spiro atoms. The van der Waals surface area contributed by atoms with Crippen molar-refractivity contribution in [3.8, 4) is 11.4 Å². The smallest absolute Gasteiger partial charge is 0.379 e. The van der Waals surface area contributed by atoms with Gasteiger partial charge in [-0.3, -0.25) is 9.59 Å². The van der Waals surface area contributed by atoms with Crippen molar-refractivity contribution in [2.24, 2.45) is 0 Å². The Morgan fingerprint density at radius 2 is 1.89 bits per heavy atom. The molecule has 5 rings (SSSR count). The summed E-state index contributed by atoms with van der Waals surface area (Å²) in [5, 5.41) is 6.82. The lowest BCUT2D eigenvalue weighted by Crippen LogP contribution is -2.39. The fourth-order valence-corrected chi connectivity index (χ4v) is 4.69. The van der Waals surface area contributed by atoms with Gasteiger partial charge in [0, 0.05) is 24.8 Å². The van der Waals surface area contributed by atoms with Gasteiger partial charge in [0.15, 0.2) is 0 Å². The number of likely N-dealkylation sites (tertiary alicyclic amines) is 1. The number of rotatable bonds is 7. The van der Waals surface area contributed by atoms with Crippen LogP contribution >= 0.6 is 0 Å². The first-order valence-electron chi connectivity index (χ1n) is 12.0. The van der Waals surface area contributed by atoms with E-state index in [4.69, 9.17) is 4.52 Å². The number of amides is 2. The monoisotopic (exact) mass is 533 g/mol. The molecule has 2 aliphatic heterocycles. The number of carbonyl (C=O) groups is 2. The normalized spacial score (nSPS) is 15.2. The van der Waals surface area contributed by atoms with E-state index in [9.17, 15) is 22.8 Å². The van der Waals surface area contributed by atoms with Crippen molar-refractivity contribution in [2.45, 2.75) is 38.4 Å². The molecular formula is C26H30F3N5O4. The van der Waals surface area contributed by atoms with Gasteiger partial charge >= 0.3 is 6.68 Å². The number of aromatic nitrogens is 2. The molecule has 3 N–H and O–H groups in total. The minimum Gasteiger partial charge on any atom is -0.412 e. The molecule has 1 aromatic heterocycles. The molecular weight excluding hydrogens is 503 g/mol. The summed E-state index contributed by atoms with van der Waals surface area (Å²) in [5.41, 5.74) is 4.60. The number of likely N-dealkylation sites (N-methyl/N-ethyl adjacent to an activating group) is 1. The first kappa shape index (κ1) is 28.8. The zero-order valence-electron chi connectivity index (χ0n) is 20.9. The molecule has 0 aliphatic carbocycles. The van der Waals surface area contributed by atoms with Crippen molar-refractivity contribution >= 4 is 17.5 Å². The van der Waals surface area contributed by atoms with E-state index in [0.717, 1.165) is 47.6 Å². The average molecular weight is 534 g/mol. The van der Waals surface area contributed by atoms with E-state index in [1.165, 1.54) is 19.2 Å². The molecule has 9 nitrogen and oxygen atoms in total.